The molecule has 1 rings (SSSR count). The van der Waals surface area contributed by atoms with Crippen LogP contribution in [0.5, 0.6) is 0 Å². The lowest BCUT2D eigenvalue weighted by Gasteiger charge is -2.13. The minimum absolute atomic E-state index is 0.00219. The van der Waals surface area contributed by atoms with Gasteiger partial charge in [0.25, 0.3) is 0 Å². The number of carbonyl (C=O) groups excluding carboxylic acids is 1. The number of hydrogen-bond acceptors (Lipinski definition) is 2. The quantitative estimate of drug-likeness (QED) is 0.798. The van der Waals surface area contributed by atoms with Crippen molar-refractivity contribution in [2.45, 2.75) is 32.7 Å². The molecule has 0 fully saturated rings. The van der Waals surface area contributed by atoms with Gasteiger partial charge in [0, 0.05) is 12.7 Å². The van der Waals surface area contributed by atoms with E-state index in [0.29, 0.717) is 0 Å². The number of benzene rings is 1. The number of anilines is 1. The molecule has 1 amide bonds. The highest BCUT2D eigenvalue weighted by Crippen LogP contribution is 2.12. The predicted molar refractivity (Wildman–Crippen MR) is 67.6 cm³/mol. The molecule has 3 nitrogen and oxygen atoms in total. The zero-order valence-electron chi connectivity index (χ0n) is 10.2. The summed E-state index contributed by atoms with van der Waals surface area (Å²) in [6.07, 6.45) is 2.26. The van der Waals surface area contributed by atoms with Crippen LogP contribution in [0.2, 0.25) is 0 Å². The number of amides is 1. The zero-order valence-corrected chi connectivity index (χ0v) is 10.2. The zero-order chi connectivity index (χ0) is 12.0. The van der Waals surface area contributed by atoms with E-state index >= 15 is 0 Å². The molecular weight excluding hydrogens is 200 g/mol. The standard InChI is InChI=1S/C13H20N2O/c1-4-5-11-6-8-12(9-7-11)15-10(2)13(16)14-3/h6-10,15H,4-5H2,1-3H3,(H,14,16). The fourth-order valence-corrected chi connectivity index (χ4v) is 1.59. The first-order valence-corrected chi connectivity index (χ1v) is 5.74. The van der Waals surface area contributed by atoms with E-state index < -0.39 is 0 Å². The molecule has 16 heavy (non-hydrogen) atoms. The molecule has 0 aliphatic rings. The van der Waals surface area contributed by atoms with Crippen LogP contribution in [0.4, 0.5) is 5.69 Å². The summed E-state index contributed by atoms with van der Waals surface area (Å²) in [5.74, 6) is -0.00219. The smallest absolute Gasteiger partial charge is 0.241 e. The van der Waals surface area contributed by atoms with Gasteiger partial charge in [-0.15, -0.1) is 0 Å². The van der Waals surface area contributed by atoms with Crippen molar-refractivity contribution in [3.8, 4) is 0 Å². The van der Waals surface area contributed by atoms with E-state index in [0.717, 1.165) is 18.5 Å². The van der Waals surface area contributed by atoms with Crippen LogP contribution in [0.1, 0.15) is 25.8 Å². The van der Waals surface area contributed by atoms with Crippen molar-refractivity contribution < 1.29 is 4.79 Å². The second-order valence-corrected chi connectivity index (χ2v) is 3.93. The Morgan fingerprint density at radius 1 is 1.31 bits per heavy atom. The Morgan fingerprint density at radius 3 is 2.44 bits per heavy atom. The Morgan fingerprint density at radius 2 is 1.94 bits per heavy atom. The van der Waals surface area contributed by atoms with E-state index in [1.165, 1.54) is 5.56 Å². The number of aryl methyl sites for hydroxylation is 1. The van der Waals surface area contributed by atoms with E-state index in [1.807, 2.05) is 19.1 Å². The first-order chi connectivity index (χ1) is 7.67. The van der Waals surface area contributed by atoms with Gasteiger partial charge in [-0.3, -0.25) is 4.79 Å². The topological polar surface area (TPSA) is 41.1 Å². The number of hydrogen-bond donors (Lipinski definition) is 2. The Kier molecular flexibility index (Phi) is 4.83. The third kappa shape index (κ3) is 3.57. The first kappa shape index (κ1) is 12.6. The van der Waals surface area contributed by atoms with Crippen LogP contribution in [0.25, 0.3) is 0 Å². The molecule has 3 heteroatoms. The summed E-state index contributed by atoms with van der Waals surface area (Å²) >= 11 is 0. The molecule has 0 bridgehead atoms. The van der Waals surface area contributed by atoms with Crippen molar-refractivity contribution in [3.63, 3.8) is 0 Å². The molecule has 0 aromatic heterocycles. The molecule has 88 valence electrons. The SMILES string of the molecule is CCCc1ccc(NC(C)C(=O)NC)cc1. The molecule has 1 unspecified atom stereocenters. The molecule has 0 aliphatic carbocycles. The Bertz CT molecular complexity index is 332. The van der Waals surface area contributed by atoms with E-state index in [-0.39, 0.29) is 11.9 Å². The highest BCUT2D eigenvalue weighted by Gasteiger charge is 2.09. The van der Waals surface area contributed by atoms with Gasteiger partial charge < -0.3 is 10.6 Å². The monoisotopic (exact) mass is 220 g/mol. The maximum atomic E-state index is 11.3. The van der Waals surface area contributed by atoms with Crippen LogP contribution in [-0.2, 0) is 11.2 Å². The third-order valence-electron chi connectivity index (χ3n) is 2.52. The summed E-state index contributed by atoms with van der Waals surface area (Å²) in [6.45, 7) is 4.01. The van der Waals surface area contributed by atoms with Gasteiger partial charge in [-0.05, 0) is 31.0 Å². The third-order valence-corrected chi connectivity index (χ3v) is 2.52. The largest absolute Gasteiger partial charge is 0.374 e. The molecule has 1 aromatic carbocycles. The second kappa shape index (κ2) is 6.16. The van der Waals surface area contributed by atoms with Crippen molar-refractivity contribution in [1.82, 2.24) is 5.32 Å². The van der Waals surface area contributed by atoms with Gasteiger partial charge in [-0.25, -0.2) is 0 Å². The molecule has 1 aromatic rings. The van der Waals surface area contributed by atoms with Crippen molar-refractivity contribution in [2.75, 3.05) is 12.4 Å². The molecular formula is C13H20N2O. The second-order valence-electron chi connectivity index (χ2n) is 3.93. The van der Waals surface area contributed by atoms with Crippen molar-refractivity contribution in [2.24, 2.45) is 0 Å². The van der Waals surface area contributed by atoms with Gasteiger partial charge >= 0.3 is 0 Å². The average molecular weight is 220 g/mol. The predicted octanol–water partition coefficient (Wildman–Crippen LogP) is 2.19. The lowest BCUT2D eigenvalue weighted by atomic mass is 10.1. The summed E-state index contributed by atoms with van der Waals surface area (Å²) in [7, 11) is 1.64. The average Bonchev–Trinajstić information content (AvgIpc) is 2.31. The summed E-state index contributed by atoms with van der Waals surface area (Å²) in [4.78, 5) is 11.3. The number of likely N-dealkylation sites (N-methyl/N-ethyl adjacent to an activating group) is 1. The van der Waals surface area contributed by atoms with Gasteiger partial charge in [0.15, 0.2) is 0 Å². The van der Waals surface area contributed by atoms with Crippen LogP contribution in [0.15, 0.2) is 24.3 Å². The number of carbonyl (C=O) groups is 1. The van der Waals surface area contributed by atoms with Gasteiger partial charge in [0.05, 0.1) is 0 Å². The van der Waals surface area contributed by atoms with Crippen LogP contribution in [0, 0.1) is 0 Å². The molecule has 0 aliphatic heterocycles. The molecule has 0 spiro atoms. The fourth-order valence-electron chi connectivity index (χ4n) is 1.59. The summed E-state index contributed by atoms with van der Waals surface area (Å²) in [5, 5.41) is 5.77. The van der Waals surface area contributed by atoms with Gasteiger partial charge in [0.1, 0.15) is 6.04 Å². The van der Waals surface area contributed by atoms with Gasteiger partial charge in [-0.1, -0.05) is 25.5 Å². The molecule has 0 radical (unpaired) electrons. The Hall–Kier alpha value is -1.51. The summed E-state index contributed by atoms with van der Waals surface area (Å²) in [6, 6.07) is 8.03. The molecule has 0 heterocycles. The molecule has 2 N–H and O–H groups in total. The van der Waals surface area contributed by atoms with Crippen molar-refractivity contribution >= 4 is 11.6 Å². The lowest BCUT2D eigenvalue weighted by molar-refractivity contribution is -0.121. The minimum Gasteiger partial charge on any atom is -0.374 e. The first-order valence-electron chi connectivity index (χ1n) is 5.74. The molecule has 1 atom stereocenters. The van der Waals surface area contributed by atoms with Gasteiger partial charge in [-0.2, -0.15) is 0 Å². The van der Waals surface area contributed by atoms with Crippen molar-refractivity contribution in [3.05, 3.63) is 29.8 Å². The lowest BCUT2D eigenvalue weighted by Crippen LogP contribution is -2.35. The van der Waals surface area contributed by atoms with E-state index in [9.17, 15) is 4.79 Å². The normalized spacial score (nSPS) is 11.9. The maximum absolute atomic E-state index is 11.3. The minimum atomic E-state index is -0.206. The van der Waals surface area contributed by atoms with Crippen LogP contribution < -0.4 is 10.6 Å². The van der Waals surface area contributed by atoms with Crippen LogP contribution in [0.3, 0.4) is 0 Å². The maximum Gasteiger partial charge on any atom is 0.241 e. The summed E-state index contributed by atoms with van der Waals surface area (Å²) < 4.78 is 0. The molecule has 0 saturated carbocycles. The highest BCUT2D eigenvalue weighted by molar-refractivity contribution is 5.83. The Balaban J connectivity index is 2.58. The Labute approximate surface area is 97.2 Å². The highest BCUT2D eigenvalue weighted by atomic mass is 16.2. The van der Waals surface area contributed by atoms with Crippen molar-refractivity contribution in [1.29, 1.82) is 0 Å². The fraction of sp³-hybridized carbons (Fsp3) is 0.462. The summed E-state index contributed by atoms with van der Waals surface area (Å²) in [5.41, 5.74) is 2.32. The van der Waals surface area contributed by atoms with E-state index in [2.05, 4.69) is 29.7 Å². The number of nitrogens with one attached hydrogen (secondary N) is 2. The van der Waals surface area contributed by atoms with Gasteiger partial charge in [0.2, 0.25) is 5.91 Å². The molecule has 0 saturated heterocycles. The van der Waals surface area contributed by atoms with Crippen LogP contribution in [-0.4, -0.2) is 19.0 Å². The number of rotatable bonds is 5. The van der Waals surface area contributed by atoms with Crippen LogP contribution >= 0.6 is 0 Å². The van der Waals surface area contributed by atoms with E-state index in [1.54, 1.807) is 7.05 Å². The van der Waals surface area contributed by atoms with E-state index in [4.69, 9.17) is 0 Å².